The highest BCUT2D eigenvalue weighted by molar-refractivity contribution is 7.91. The van der Waals surface area contributed by atoms with Gasteiger partial charge in [0.2, 0.25) is 5.91 Å². The van der Waals surface area contributed by atoms with Gasteiger partial charge in [0.25, 0.3) is 0 Å². The molecule has 0 spiro atoms. The molecular weight excluding hydrogens is 246 g/mol. The van der Waals surface area contributed by atoms with Gasteiger partial charge in [0.05, 0.1) is 11.5 Å². The van der Waals surface area contributed by atoms with Crippen molar-refractivity contribution in [3.63, 3.8) is 0 Å². The molecule has 0 aromatic heterocycles. The number of carboxylic acids is 1. The van der Waals surface area contributed by atoms with Gasteiger partial charge in [0.1, 0.15) is 0 Å². The number of nitrogens with one attached hydrogen (secondary N) is 1. The fraction of sp³-hybridized carbons (Fsp3) is 0.800. The predicted octanol–water partition coefficient (Wildman–Crippen LogP) is -0.0653. The summed E-state index contributed by atoms with van der Waals surface area (Å²) in [6.07, 6.45) is 1.60. The van der Waals surface area contributed by atoms with E-state index in [9.17, 15) is 18.0 Å². The predicted molar refractivity (Wildman–Crippen MR) is 61.3 cm³/mol. The summed E-state index contributed by atoms with van der Waals surface area (Å²) >= 11 is 0. The summed E-state index contributed by atoms with van der Waals surface area (Å²) in [5.74, 6) is -1.01. The van der Waals surface area contributed by atoms with E-state index in [1.165, 1.54) is 0 Å². The Labute approximate surface area is 100 Å². The minimum atomic E-state index is -3.02. The third-order valence-electron chi connectivity index (χ3n) is 2.62. The second kappa shape index (κ2) is 6.00. The third kappa shape index (κ3) is 5.67. The molecule has 98 valence electrons. The van der Waals surface area contributed by atoms with E-state index in [2.05, 4.69) is 5.32 Å². The summed E-state index contributed by atoms with van der Waals surface area (Å²) in [5.41, 5.74) is 0. The highest BCUT2D eigenvalue weighted by Crippen LogP contribution is 2.12. The number of rotatable bonds is 5. The van der Waals surface area contributed by atoms with Gasteiger partial charge >= 0.3 is 5.97 Å². The Balaban J connectivity index is 2.28. The van der Waals surface area contributed by atoms with Crippen LogP contribution in [0.25, 0.3) is 0 Å². The fourth-order valence-electron chi connectivity index (χ4n) is 1.84. The van der Waals surface area contributed by atoms with Crippen LogP contribution in [0.3, 0.4) is 0 Å². The first-order valence-corrected chi connectivity index (χ1v) is 7.43. The lowest BCUT2D eigenvalue weighted by molar-refractivity contribution is -0.137. The summed E-state index contributed by atoms with van der Waals surface area (Å²) < 4.78 is 22.6. The van der Waals surface area contributed by atoms with E-state index in [4.69, 9.17) is 5.11 Å². The van der Waals surface area contributed by atoms with Crippen LogP contribution >= 0.6 is 0 Å². The van der Waals surface area contributed by atoms with Crippen molar-refractivity contribution in [2.45, 2.75) is 38.1 Å². The van der Waals surface area contributed by atoms with Crippen LogP contribution in [0.4, 0.5) is 0 Å². The maximum atomic E-state index is 11.4. The number of aliphatic carboxylic acids is 1. The zero-order valence-corrected chi connectivity index (χ0v) is 10.3. The zero-order valence-electron chi connectivity index (χ0n) is 9.52. The minimum Gasteiger partial charge on any atom is -0.481 e. The molecule has 1 aliphatic rings. The fourth-order valence-corrected chi connectivity index (χ4v) is 3.47. The van der Waals surface area contributed by atoms with Gasteiger partial charge in [0, 0.05) is 18.9 Å². The van der Waals surface area contributed by atoms with Gasteiger partial charge in [-0.15, -0.1) is 0 Å². The second-order valence-corrected chi connectivity index (χ2v) is 6.50. The van der Waals surface area contributed by atoms with Crippen LogP contribution in [0.1, 0.15) is 32.1 Å². The van der Waals surface area contributed by atoms with E-state index >= 15 is 0 Å². The Bertz CT molecular complexity index is 390. The number of sulfone groups is 1. The monoisotopic (exact) mass is 263 g/mol. The molecule has 0 radical (unpaired) electrons. The first-order valence-electron chi connectivity index (χ1n) is 5.60. The van der Waals surface area contributed by atoms with Gasteiger partial charge in [-0.05, 0) is 19.3 Å². The summed E-state index contributed by atoms with van der Waals surface area (Å²) in [5, 5.41) is 11.0. The standard InChI is InChI=1S/C10H17NO5S/c12-9(4-1-5-10(13)14)11-8-3-2-6-17(15,16)7-8/h8H,1-7H2,(H,11,12)(H,13,14). The van der Waals surface area contributed by atoms with E-state index in [0.717, 1.165) is 0 Å². The van der Waals surface area contributed by atoms with Crippen LogP contribution < -0.4 is 5.32 Å². The van der Waals surface area contributed by atoms with E-state index < -0.39 is 15.8 Å². The van der Waals surface area contributed by atoms with Crippen LogP contribution in [-0.4, -0.2) is 42.9 Å². The van der Waals surface area contributed by atoms with E-state index in [-0.39, 0.29) is 42.7 Å². The summed E-state index contributed by atoms with van der Waals surface area (Å²) in [6.45, 7) is 0. The molecule has 1 rings (SSSR count). The van der Waals surface area contributed by atoms with Gasteiger partial charge in [-0.3, -0.25) is 9.59 Å². The van der Waals surface area contributed by atoms with E-state index in [1.54, 1.807) is 0 Å². The van der Waals surface area contributed by atoms with Gasteiger partial charge in [0.15, 0.2) is 9.84 Å². The Morgan fingerprint density at radius 3 is 2.59 bits per heavy atom. The van der Waals surface area contributed by atoms with Crippen molar-refractivity contribution >= 4 is 21.7 Å². The topological polar surface area (TPSA) is 101 Å². The number of carboxylic acid groups (broad SMARTS) is 1. The maximum absolute atomic E-state index is 11.4. The SMILES string of the molecule is O=C(O)CCCC(=O)NC1CCCS(=O)(=O)C1. The van der Waals surface area contributed by atoms with Gasteiger partial charge in [-0.25, -0.2) is 8.42 Å². The molecule has 0 bridgehead atoms. The molecule has 0 aromatic carbocycles. The van der Waals surface area contributed by atoms with Crippen molar-refractivity contribution in [1.29, 1.82) is 0 Å². The lowest BCUT2D eigenvalue weighted by Crippen LogP contribution is -2.43. The molecular formula is C10H17NO5S. The first kappa shape index (κ1) is 14.0. The van der Waals surface area contributed by atoms with Crippen molar-refractivity contribution in [1.82, 2.24) is 5.32 Å². The summed E-state index contributed by atoms with van der Waals surface area (Å²) in [4.78, 5) is 21.6. The lowest BCUT2D eigenvalue weighted by Gasteiger charge is -2.22. The average Bonchev–Trinajstić information content (AvgIpc) is 2.14. The number of carbonyl (C=O) groups excluding carboxylic acids is 1. The Kier molecular flexibility index (Phi) is 4.92. The molecule has 1 unspecified atom stereocenters. The van der Waals surface area contributed by atoms with Crippen molar-refractivity contribution in [3.05, 3.63) is 0 Å². The van der Waals surface area contributed by atoms with Gasteiger partial charge < -0.3 is 10.4 Å². The highest BCUT2D eigenvalue weighted by Gasteiger charge is 2.25. The quantitative estimate of drug-likeness (QED) is 0.723. The molecule has 6 nitrogen and oxygen atoms in total. The molecule has 0 aliphatic carbocycles. The summed E-state index contributed by atoms with van der Waals surface area (Å²) in [6, 6.07) is -0.314. The third-order valence-corrected chi connectivity index (χ3v) is 4.44. The molecule has 17 heavy (non-hydrogen) atoms. The average molecular weight is 263 g/mol. The Hall–Kier alpha value is -1.11. The molecule has 1 aliphatic heterocycles. The number of amides is 1. The molecule has 2 N–H and O–H groups in total. The molecule has 0 saturated carbocycles. The largest absolute Gasteiger partial charge is 0.481 e. The molecule has 1 heterocycles. The molecule has 1 fully saturated rings. The lowest BCUT2D eigenvalue weighted by atomic mass is 10.1. The van der Waals surface area contributed by atoms with E-state index in [1.807, 2.05) is 0 Å². The highest BCUT2D eigenvalue weighted by atomic mass is 32.2. The van der Waals surface area contributed by atoms with Crippen LogP contribution in [0.2, 0.25) is 0 Å². The van der Waals surface area contributed by atoms with Crippen molar-refractivity contribution in [2.24, 2.45) is 0 Å². The molecule has 7 heteroatoms. The molecule has 1 amide bonds. The molecule has 0 aromatic rings. The number of carbonyl (C=O) groups is 2. The van der Waals surface area contributed by atoms with E-state index in [0.29, 0.717) is 12.8 Å². The second-order valence-electron chi connectivity index (χ2n) is 4.27. The van der Waals surface area contributed by atoms with Crippen LogP contribution in [0.5, 0.6) is 0 Å². The smallest absolute Gasteiger partial charge is 0.303 e. The normalized spacial score (nSPS) is 22.9. The van der Waals surface area contributed by atoms with Crippen LogP contribution in [-0.2, 0) is 19.4 Å². The zero-order chi connectivity index (χ0) is 12.9. The minimum absolute atomic E-state index is 0.00231. The van der Waals surface area contributed by atoms with Crippen molar-refractivity contribution < 1.29 is 23.1 Å². The van der Waals surface area contributed by atoms with Crippen molar-refractivity contribution in [3.8, 4) is 0 Å². The molecule has 1 saturated heterocycles. The number of hydrogen-bond acceptors (Lipinski definition) is 4. The Morgan fingerprint density at radius 2 is 2.00 bits per heavy atom. The number of hydrogen-bond donors (Lipinski definition) is 2. The maximum Gasteiger partial charge on any atom is 0.303 e. The first-order chi connectivity index (χ1) is 7.89. The molecule has 1 atom stereocenters. The van der Waals surface area contributed by atoms with Crippen LogP contribution in [0, 0.1) is 0 Å². The van der Waals surface area contributed by atoms with Crippen LogP contribution in [0.15, 0.2) is 0 Å². The Morgan fingerprint density at radius 1 is 1.29 bits per heavy atom. The van der Waals surface area contributed by atoms with Crippen molar-refractivity contribution in [2.75, 3.05) is 11.5 Å². The van der Waals surface area contributed by atoms with Gasteiger partial charge in [-0.2, -0.15) is 0 Å². The summed E-state index contributed by atoms with van der Waals surface area (Å²) in [7, 11) is -3.02. The van der Waals surface area contributed by atoms with Gasteiger partial charge in [-0.1, -0.05) is 0 Å².